The standard InChI is InChI=1S/C15H17N3O/c1-10-6-7-13(16)15(18-10)17-9-12-8-11-4-2-3-5-14(11)19-12/h2-7,12H,8-9,16H2,1H3,(H,17,18). The predicted octanol–water partition coefficient (Wildman–Crippen LogP) is 2.39. The Morgan fingerprint density at radius 1 is 1.32 bits per heavy atom. The zero-order valence-electron chi connectivity index (χ0n) is 10.9. The second-order valence-corrected chi connectivity index (χ2v) is 4.82. The third-order valence-electron chi connectivity index (χ3n) is 3.28. The summed E-state index contributed by atoms with van der Waals surface area (Å²) in [6, 6.07) is 11.9. The van der Waals surface area contributed by atoms with E-state index in [0.29, 0.717) is 12.2 Å². The summed E-state index contributed by atoms with van der Waals surface area (Å²) in [5.74, 6) is 1.72. The van der Waals surface area contributed by atoms with Crippen LogP contribution in [0.1, 0.15) is 11.3 Å². The van der Waals surface area contributed by atoms with Crippen LogP contribution in [0.5, 0.6) is 5.75 Å². The van der Waals surface area contributed by atoms with E-state index in [1.165, 1.54) is 5.56 Å². The van der Waals surface area contributed by atoms with Gasteiger partial charge in [-0.05, 0) is 30.7 Å². The Morgan fingerprint density at radius 3 is 3.00 bits per heavy atom. The lowest BCUT2D eigenvalue weighted by Gasteiger charge is -2.14. The van der Waals surface area contributed by atoms with Gasteiger partial charge in [-0.3, -0.25) is 0 Å². The molecule has 4 nitrogen and oxygen atoms in total. The molecule has 0 spiro atoms. The van der Waals surface area contributed by atoms with Crippen molar-refractivity contribution in [3.05, 3.63) is 47.7 Å². The van der Waals surface area contributed by atoms with Gasteiger partial charge in [0.15, 0.2) is 0 Å². The first-order valence-corrected chi connectivity index (χ1v) is 6.44. The number of anilines is 2. The molecule has 3 rings (SSSR count). The van der Waals surface area contributed by atoms with E-state index in [2.05, 4.69) is 16.4 Å². The van der Waals surface area contributed by atoms with Crippen molar-refractivity contribution in [2.24, 2.45) is 0 Å². The molecule has 0 amide bonds. The molecule has 2 heterocycles. The molecule has 0 radical (unpaired) electrons. The fourth-order valence-electron chi connectivity index (χ4n) is 2.29. The molecule has 4 heteroatoms. The minimum Gasteiger partial charge on any atom is -0.488 e. The third kappa shape index (κ3) is 2.47. The Labute approximate surface area is 112 Å². The lowest BCUT2D eigenvalue weighted by Crippen LogP contribution is -2.24. The smallest absolute Gasteiger partial charge is 0.149 e. The van der Waals surface area contributed by atoms with Gasteiger partial charge in [-0.1, -0.05) is 18.2 Å². The van der Waals surface area contributed by atoms with Crippen LogP contribution >= 0.6 is 0 Å². The maximum atomic E-state index is 5.89. The van der Waals surface area contributed by atoms with Crippen molar-refractivity contribution in [1.82, 2.24) is 4.98 Å². The number of nitrogens with zero attached hydrogens (tertiary/aromatic N) is 1. The first kappa shape index (κ1) is 11.8. The van der Waals surface area contributed by atoms with Gasteiger partial charge in [0.1, 0.15) is 17.7 Å². The van der Waals surface area contributed by atoms with Crippen molar-refractivity contribution in [1.29, 1.82) is 0 Å². The Balaban J connectivity index is 1.64. The van der Waals surface area contributed by atoms with Gasteiger partial charge < -0.3 is 15.8 Å². The maximum absolute atomic E-state index is 5.89. The highest BCUT2D eigenvalue weighted by atomic mass is 16.5. The number of nitrogens with one attached hydrogen (secondary N) is 1. The Bertz CT molecular complexity index is 573. The summed E-state index contributed by atoms with van der Waals surface area (Å²) >= 11 is 0. The van der Waals surface area contributed by atoms with E-state index in [4.69, 9.17) is 10.5 Å². The average molecular weight is 255 g/mol. The minimum absolute atomic E-state index is 0.138. The number of pyridine rings is 1. The summed E-state index contributed by atoms with van der Waals surface area (Å²) < 4.78 is 5.87. The monoisotopic (exact) mass is 255 g/mol. The van der Waals surface area contributed by atoms with E-state index in [0.717, 1.165) is 23.7 Å². The molecule has 1 unspecified atom stereocenters. The molecule has 1 aliphatic heterocycles. The van der Waals surface area contributed by atoms with Gasteiger partial charge in [0.05, 0.1) is 12.2 Å². The van der Waals surface area contributed by atoms with Crippen LogP contribution in [0.3, 0.4) is 0 Å². The number of hydrogen-bond donors (Lipinski definition) is 2. The minimum atomic E-state index is 0.138. The summed E-state index contributed by atoms with van der Waals surface area (Å²) in [6.07, 6.45) is 1.06. The van der Waals surface area contributed by atoms with Crippen molar-refractivity contribution in [2.75, 3.05) is 17.6 Å². The largest absolute Gasteiger partial charge is 0.488 e. The topological polar surface area (TPSA) is 60.2 Å². The van der Waals surface area contributed by atoms with Crippen LogP contribution in [0, 0.1) is 6.92 Å². The summed E-state index contributed by atoms with van der Waals surface area (Å²) in [6.45, 7) is 2.65. The highest BCUT2D eigenvalue weighted by Gasteiger charge is 2.22. The predicted molar refractivity (Wildman–Crippen MR) is 76.4 cm³/mol. The zero-order chi connectivity index (χ0) is 13.2. The van der Waals surface area contributed by atoms with Gasteiger partial charge in [0, 0.05) is 12.1 Å². The number of benzene rings is 1. The van der Waals surface area contributed by atoms with E-state index in [-0.39, 0.29) is 6.10 Å². The van der Waals surface area contributed by atoms with Crippen molar-refractivity contribution < 1.29 is 4.74 Å². The fourth-order valence-corrected chi connectivity index (χ4v) is 2.29. The summed E-state index contributed by atoms with van der Waals surface area (Å²) in [4.78, 5) is 4.39. The molecular formula is C15H17N3O. The van der Waals surface area contributed by atoms with Crippen molar-refractivity contribution >= 4 is 11.5 Å². The molecule has 0 aliphatic carbocycles. The van der Waals surface area contributed by atoms with Crippen molar-refractivity contribution in [2.45, 2.75) is 19.4 Å². The number of aryl methyl sites for hydroxylation is 1. The molecule has 2 aromatic rings. The van der Waals surface area contributed by atoms with Crippen LogP contribution in [-0.2, 0) is 6.42 Å². The molecule has 0 saturated heterocycles. The SMILES string of the molecule is Cc1ccc(N)c(NCC2Cc3ccccc3O2)n1. The van der Waals surface area contributed by atoms with Crippen molar-refractivity contribution in [3.8, 4) is 5.75 Å². The Kier molecular flexibility index (Phi) is 2.99. The van der Waals surface area contributed by atoms with Gasteiger partial charge in [-0.2, -0.15) is 0 Å². The highest BCUT2D eigenvalue weighted by Crippen LogP contribution is 2.28. The van der Waals surface area contributed by atoms with Crippen LogP contribution in [0.15, 0.2) is 36.4 Å². The molecule has 0 saturated carbocycles. The van der Waals surface area contributed by atoms with Crippen LogP contribution in [0.2, 0.25) is 0 Å². The van der Waals surface area contributed by atoms with Gasteiger partial charge in [0.25, 0.3) is 0 Å². The van der Waals surface area contributed by atoms with Crippen LogP contribution in [-0.4, -0.2) is 17.6 Å². The first-order chi connectivity index (χ1) is 9.22. The van der Waals surface area contributed by atoms with Gasteiger partial charge in [-0.25, -0.2) is 4.98 Å². The van der Waals surface area contributed by atoms with E-state index in [1.54, 1.807) is 0 Å². The fraction of sp³-hybridized carbons (Fsp3) is 0.267. The second kappa shape index (κ2) is 4.80. The zero-order valence-corrected chi connectivity index (χ0v) is 10.9. The molecule has 98 valence electrons. The number of para-hydroxylation sites is 1. The molecular weight excluding hydrogens is 238 g/mol. The summed E-state index contributed by atoms with van der Waals surface area (Å²) in [5, 5.41) is 3.27. The summed E-state index contributed by atoms with van der Waals surface area (Å²) in [5.41, 5.74) is 8.77. The van der Waals surface area contributed by atoms with Gasteiger partial charge >= 0.3 is 0 Å². The normalized spacial score (nSPS) is 16.8. The molecule has 1 atom stereocenters. The molecule has 3 N–H and O–H groups in total. The van der Waals surface area contributed by atoms with Crippen LogP contribution < -0.4 is 15.8 Å². The number of nitrogens with two attached hydrogens (primary N) is 1. The number of fused-ring (bicyclic) bond motifs is 1. The van der Waals surface area contributed by atoms with Crippen LogP contribution in [0.25, 0.3) is 0 Å². The lowest BCUT2D eigenvalue weighted by molar-refractivity contribution is 0.246. The number of nitrogen functional groups attached to an aromatic ring is 1. The number of ether oxygens (including phenoxy) is 1. The highest BCUT2D eigenvalue weighted by molar-refractivity contribution is 5.61. The average Bonchev–Trinajstić information content (AvgIpc) is 2.82. The van der Waals surface area contributed by atoms with Gasteiger partial charge in [0.2, 0.25) is 0 Å². The number of hydrogen-bond acceptors (Lipinski definition) is 4. The number of aromatic nitrogens is 1. The Hall–Kier alpha value is -2.23. The van der Waals surface area contributed by atoms with E-state index in [9.17, 15) is 0 Å². The van der Waals surface area contributed by atoms with Crippen LogP contribution in [0.4, 0.5) is 11.5 Å². The molecule has 1 aromatic heterocycles. The maximum Gasteiger partial charge on any atom is 0.149 e. The molecule has 1 aliphatic rings. The number of rotatable bonds is 3. The quantitative estimate of drug-likeness (QED) is 0.884. The van der Waals surface area contributed by atoms with Gasteiger partial charge in [-0.15, -0.1) is 0 Å². The molecule has 0 bridgehead atoms. The molecule has 1 aromatic carbocycles. The molecule has 19 heavy (non-hydrogen) atoms. The second-order valence-electron chi connectivity index (χ2n) is 4.82. The lowest BCUT2D eigenvalue weighted by atomic mass is 10.1. The Morgan fingerprint density at radius 2 is 2.16 bits per heavy atom. The first-order valence-electron chi connectivity index (χ1n) is 6.44. The van der Waals surface area contributed by atoms with E-state index < -0.39 is 0 Å². The summed E-state index contributed by atoms with van der Waals surface area (Å²) in [7, 11) is 0. The van der Waals surface area contributed by atoms with E-state index >= 15 is 0 Å². The van der Waals surface area contributed by atoms with E-state index in [1.807, 2.05) is 37.3 Å². The van der Waals surface area contributed by atoms with Crippen molar-refractivity contribution in [3.63, 3.8) is 0 Å². The molecule has 0 fully saturated rings. The third-order valence-corrected chi connectivity index (χ3v) is 3.28.